The van der Waals surface area contributed by atoms with Crippen molar-refractivity contribution in [2.24, 2.45) is 5.92 Å². The molecule has 0 aromatic carbocycles. The number of hydrogen-bond donors (Lipinski definition) is 1. The van der Waals surface area contributed by atoms with E-state index in [1.54, 1.807) is 6.92 Å². The second-order valence-electron chi connectivity index (χ2n) is 3.53. The molecule has 0 rings (SSSR count). The maximum absolute atomic E-state index is 11.7. The molecule has 74 valence electrons. The van der Waals surface area contributed by atoms with Crippen molar-refractivity contribution >= 4 is 0 Å². The summed E-state index contributed by atoms with van der Waals surface area (Å²) in [5.74, 6) is 0.431. The third-order valence-corrected chi connectivity index (χ3v) is 1.48. The van der Waals surface area contributed by atoms with Crippen LogP contribution in [0.1, 0.15) is 27.2 Å². The molecule has 0 aromatic rings. The van der Waals surface area contributed by atoms with E-state index in [-0.39, 0.29) is 6.04 Å². The average Bonchev–Trinajstić information content (AvgIpc) is 1.80. The number of halogens is 3. The number of nitrogens with one attached hydrogen (secondary N) is 1. The zero-order valence-corrected chi connectivity index (χ0v) is 7.70. The van der Waals surface area contributed by atoms with Crippen molar-refractivity contribution in [2.45, 2.75) is 39.4 Å². The van der Waals surface area contributed by atoms with Gasteiger partial charge in [0.2, 0.25) is 0 Å². The molecule has 1 unspecified atom stereocenters. The Bertz CT molecular complexity index is 120. The van der Waals surface area contributed by atoms with E-state index in [1.165, 1.54) is 0 Å². The summed E-state index contributed by atoms with van der Waals surface area (Å²) in [4.78, 5) is 0. The van der Waals surface area contributed by atoms with Crippen LogP contribution in [-0.4, -0.2) is 18.8 Å². The summed E-state index contributed by atoms with van der Waals surface area (Å²) in [6.45, 7) is 4.87. The molecule has 0 spiro atoms. The summed E-state index contributed by atoms with van der Waals surface area (Å²) in [5.41, 5.74) is 0. The molecule has 0 aromatic heterocycles. The zero-order chi connectivity index (χ0) is 9.78. The highest BCUT2D eigenvalue weighted by atomic mass is 19.4. The lowest BCUT2D eigenvalue weighted by molar-refractivity contribution is -0.126. The minimum Gasteiger partial charge on any atom is -0.306 e. The van der Waals surface area contributed by atoms with E-state index in [2.05, 4.69) is 5.32 Å². The molecule has 1 nitrogen and oxygen atoms in total. The number of hydrogen-bond acceptors (Lipinski definition) is 1. The molecule has 0 radical (unpaired) electrons. The summed E-state index contributed by atoms with van der Waals surface area (Å²) in [7, 11) is 0. The van der Waals surface area contributed by atoms with Crippen LogP contribution in [0, 0.1) is 5.92 Å². The van der Waals surface area contributed by atoms with Gasteiger partial charge in [-0.05, 0) is 19.3 Å². The highest BCUT2D eigenvalue weighted by Crippen LogP contribution is 2.13. The predicted molar refractivity (Wildman–Crippen MR) is 43.0 cm³/mol. The summed E-state index contributed by atoms with van der Waals surface area (Å²) < 4.78 is 35.1. The molecule has 0 amide bonds. The molecular formula is C8H16F3N. The van der Waals surface area contributed by atoms with E-state index in [4.69, 9.17) is 0 Å². The summed E-state index contributed by atoms with van der Waals surface area (Å²) in [5, 5.41) is 2.43. The first kappa shape index (κ1) is 11.8. The van der Waals surface area contributed by atoms with Crippen molar-refractivity contribution in [1.82, 2.24) is 5.32 Å². The van der Waals surface area contributed by atoms with E-state index in [0.717, 1.165) is 6.42 Å². The molecule has 0 bridgehead atoms. The SMILES string of the molecule is CC(C)CC(C)NCC(F)(F)F. The third-order valence-electron chi connectivity index (χ3n) is 1.48. The number of rotatable bonds is 4. The first-order chi connectivity index (χ1) is 5.31. The van der Waals surface area contributed by atoms with Crippen molar-refractivity contribution in [2.75, 3.05) is 6.54 Å². The van der Waals surface area contributed by atoms with Gasteiger partial charge in [0.05, 0.1) is 6.54 Å². The second kappa shape index (κ2) is 4.70. The van der Waals surface area contributed by atoms with Crippen LogP contribution in [0.4, 0.5) is 13.2 Å². The van der Waals surface area contributed by atoms with Gasteiger partial charge in [-0.3, -0.25) is 0 Å². The summed E-state index contributed by atoms with van der Waals surface area (Å²) in [6, 6.07) is -0.0633. The standard InChI is InChI=1S/C8H16F3N/c1-6(2)4-7(3)12-5-8(9,10)11/h6-7,12H,4-5H2,1-3H3. The van der Waals surface area contributed by atoms with Crippen LogP contribution in [-0.2, 0) is 0 Å². The average molecular weight is 183 g/mol. The monoisotopic (exact) mass is 183 g/mol. The molecule has 12 heavy (non-hydrogen) atoms. The maximum atomic E-state index is 11.7. The van der Waals surface area contributed by atoms with E-state index in [0.29, 0.717) is 5.92 Å². The van der Waals surface area contributed by atoms with Crippen LogP contribution in [0.15, 0.2) is 0 Å². The van der Waals surface area contributed by atoms with Crippen molar-refractivity contribution in [3.8, 4) is 0 Å². The minimum atomic E-state index is -4.09. The molecule has 0 heterocycles. The fourth-order valence-electron chi connectivity index (χ4n) is 1.08. The second-order valence-corrected chi connectivity index (χ2v) is 3.53. The van der Waals surface area contributed by atoms with E-state index >= 15 is 0 Å². The van der Waals surface area contributed by atoms with Gasteiger partial charge in [0.25, 0.3) is 0 Å². The van der Waals surface area contributed by atoms with Gasteiger partial charge in [0.1, 0.15) is 0 Å². The van der Waals surface area contributed by atoms with Gasteiger partial charge < -0.3 is 5.32 Å². The molecule has 0 saturated carbocycles. The summed E-state index contributed by atoms with van der Waals surface area (Å²) >= 11 is 0. The van der Waals surface area contributed by atoms with Gasteiger partial charge in [0, 0.05) is 6.04 Å². The first-order valence-electron chi connectivity index (χ1n) is 4.11. The van der Waals surface area contributed by atoms with Gasteiger partial charge in [-0.2, -0.15) is 13.2 Å². The molecule has 1 N–H and O–H groups in total. The molecule has 0 saturated heterocycles. The minimum absolute atomic E-state index is 0.0633. The quantitative estimate of drug-likeness (QED) is 0.706. The molecule has 0 aliphatic carbocycles. The van der Waals surface area contributed by atoms with E-state index in [1.807, 2.05) is 13.8 Å². The maximum Gasteiger partial charge on any atom is 0.401 e. The van der Waals surface area contributed by atoms with Crippen molar-refractivity contribution < 1.29 is 13.2 Å². The Labute approximate surface area is 71.3 Å². The molecule has 0 fully saturated rings. The lowest BCUT2D eigenvalue weighted by Crippen LogP contribution is -2.35. The normalized spacial score (nSPS) is 15.2. The Hall–Kier alpha value is -0.250. The fourth-order valence-corrected chi connectivity index (χ4v) is 1.08. The van der Waals surface area contributed by atoms with Gasteiger partial charge in [-0.25, -0.2) is 0 Å². The van der Waals surface area contributed by atoms with Crippen molar-refractivity contribution in [3.63, 3.8) is 0 Å². The fraction of sp³-hybridized carbons (Fsp3) is 1.00. The van der Waals surface area contributed by atoms with Crippen LogP contribution in [0.5, 0.6) is 0 Å². The van der Waals surface area contributed by atoms with Crippen LogP contribution >= 0.6 is 0 Å². The number of alkyl halides is 3. The van der Waals surface area contributed by atoms with Gasteiger partial charge in [0.15, 0.2) is 0 Å². The predicted octanol–water partition coefficient (Wildman–Crippen LogP) is 2.57. The first-order valence-corrected chi connectivity index (χ1v) is 4.11. The molecule has 4 heteroatoms. The third kappa shape index (κ3) is 7.85. The molecule has 1 atom stereocenters. The Balaban J connectivity index is 3.51. The Morgan fingerprint density at radius 1 is 1.17 bits per heavy atom. The van der Waals surface area contributed by atoms with Crippen LogP contribution < -0.4 is 5.32 Å². The van der Waals surface area contributed by atoms with Crippen LogP contribution in [0.3, 0.4) is 0 Å². The van der Waals surface area contributed by atoms with Crippen LogP contribution in [0.25, 0.3) is 0 Å². The van der Waals surface area contributed by atoms with Crippen LogP contribution in [0.2, 0.25) is 0 Å². The van der Waals surface area contributed by atoms with Gasteiger partial charge in [-0.15, -0.1) is 0 Å². The highest BCUT2D eigenvalue weighted by Gasteiger charge is 2.27. The molecule has 0 aliphatic heterocycles. The van der Waals surface area contributed by atoms with E-state index < -0.39 is 12.7 Å². The lowest BCUT2D eigenvalue weighted by Gasteiger charge is -2.16. The van der Waals surface area contributed by atoms with Gasteiger partial charge >= 0.3 is 6.18 Å². The smallest absolute Gasteiger partial charge is 0.306 e. The largest absolute Gasteiger partial charge is 0.401 e. The zero-order valence-electron chi connectivity index (χ0n) is 7.70. The van der Waals surface area contributed by atoms with Crippen molar-refractivity contribution in [1.29, 1.82) is 0 Å². The Morgan fingerprint density at radius 2 is 1.67 bits per heavy atom. The topological polar surface area (TPSA) is 12.0 Å². The Morgan fingerprint density at radius 3 is 2.00 bits per heavy atom. The highest BCUT2D eigenvalue weighted by molar-refractivity contribution is 4.65. The van der Waals surface area contributed by atoms with Gasteiger partial charge in [-0.1, -0.05) is 13.8 Å². The molecule has 0 aliphatic rings. The Kier molecular flexibility index (Phi) is 4.60. The van der Waals surface area contributed by atoms with E-state index in [9.17, 15) is 13.2 Å². The lowest BCUT2D eigenvalue weighted by atomic mass is 10.1. The van der Waals surface area contributed by atoms with Crippen molar-refractivity contribution in [3.05, 3.63) is 0 Å². The summed E-state index contributed by atoms with van der Waals surface area (Å²) in [6.07, 6.45) is -3.32. The molecular weight excluding hydrogens is 167 g/mol.